The van der Waals surface area contributed by atoms with Crippen molar-refractivity contribution in [2.45, 2.75) is 12.6 Å². The van der Waals surface area contributed by atoms with Crippen LogP contribution in [0.4, 0.5) is 13.2 Å². The molecule has 0 bridgehead atoms. The van der Waals surface area contributed by atoms with Crippen molar-refractivity contribution in [3.63, 3.8) is 0 Å². The van der Waals surface area contributed by atoms with Gasteiger partial charge in [-0.2, -0.15) is 13.2 Å². The van der Waals surface area contributed by atoms with Crippen LogP contribution >= 0.6 is 0 Å². The van der Waals surface area contributed by atoms with Crippen LogP contribution in [0, 0.1) is 0 Å². The fraction of sp³-hybridized carbons (Fsp3) is 0.143. The predicted molar refractivity (Wildman–Crippen MR) is 104 cm³/mol. The van der Waals surface area contributed by atoms with Crippen molar-refractivity contribution < 1.29 is 18.0 Å². The van der Waals surface area contributed by atoms with E-state index in [4.69, 9.17) is 0 Å². The molecule has 4 rings (SSSR count). The molecule has 3 heterocycles. The number of imidazole rings is 1. The lowest BCUT2D eigenvalue weighted by molar-refractivity contribution is -0.138. The Morgan fingerprint density at radius 1 is 1.00 bits per heavy atom. The highest BCUT2D eigenvalue weighted by Gasteiger charge is 2.27. The van der Waals surface area contributed by atoms with Gasteiger partial charge in [-0.15, -0.1) is 0 Å². The smallest absolute Gasteiger partial charge is 0.347 e. The number of alkyl halides is 3. The topological polar surface area (TPSA) is 72.2 Å². The number of hydrogen-bond donors (Lipinski definition) is 1. The van der Waals surface area contributed by atoms with Crippen molar-refractivity contribution in [3.05, 3.63) is 73.1 Å². The molecule has 1 amide bonds. The molecule has 0 saturated carbocycles. The van der Waals surface area contributed by atoms with Crippen LogP contribution in [0.25, 0.3) is 28.0 Å². The summed E-state index contributed by atoms with van der Waals surface area (Å²) < 4.78 is 38.7. The normalized spacial score (nSPS) is 11.6. The number of carbonyl (C=O) groups is 1. The molecule has 0 aliphatic rings. The van der Waals surface area contributed by atoms with Crippen LogP contribution in [0.15, 0.2) is 67.5 Å². The number of nitrogens with zero attached hydrogens (tertiary/aromatic N) is 4. The maximum Gasteiger partial charge on any atom is 0.405 e. The lowest BCUT2D eigenvalue weighted by atomic mass is 10.1. The number of aromatic nitrogens is 4. The van der Waals surface area contributed by atoms with Gasteiger partial charge in [-0.3, -0.25) is 9.20 Å². The largest absolute Gasteiger partial charge is 0.405 e. The van der Waals surface area contributed by atoms with Crippen molar-refractivity contribution in [2.75, 3.05) is 6.54 Å². The van der Waals surface area contributed by atoms with Gasteiger partial charge in [0.25, 0.3) is 0 Å². The lowest BCUT2D eigenvalue weighted by Gasteiger charge is -2.09. The van der Waals surface area contributed by atoms with Gasteiger partial charge in [0, 0.05) is 29.7 Å². The van der Waals surface area contributed by atoms with E-state index in [-0.39, 0.29) is 6.42 Å². The first-order valence-corrected chi connectivity index (χ1v) is 9.04. The van der Waals surface area contributed by atoms with E-state index in [0.29, 0.717) is 5.56 Å². The zero-order chi connectivity index (χ0) is 21.1. The summed E-state index contributed by atoms with van der Waals surface area (Å²) in [5, 5.41) is 1.89. The Morgan fingerprint density at radius 2 is 1.80 bits per heavy atom. The van der Waals surface area contributed by atoms with Crippen molar-refractivity contribution in [1.29, 1.82) is 0 Å². The number of halogens is 3. The summed E-state index contributed by atoms with van der Waals surface area (Å²) in [5.74, 6) is -0.683. The second kappa shape index (κ2) is 7.94. The molecule has 152 valence electrons. The minimum atomic E-state index is -4.43. The van der Waals surface area contributed by atoms with Crippen molar-refractivity contribution in [3.8, 4) is 22.4 Å². The van der Waals surface area contributed by atoms with Gasteiger partial charge in [0.1, 0.15) is 18.5 Å². The number of nitrogens with one attached hydrogen (secondary N) is 1. The van der Waals surface area contributed by atoms with E-state index >= 15 is 0 Å². The number of fused-ring (bicyclic) bond motifs is 1. The minimum Gasteiger partial charge on any atom is -0.347 e. The molecule has 3 aromatic heterocycles. The lowest BCUT2D eigenvalue weighted by Crippen LogP contribution is -2.34. The van der Waals surface area contributed by atoms with Crippen LogP contribution in [0.1, 0.15) is 5.56 Å². The van der Waals surface area contributed by atoms with E-state index in [0.717, 1.165) is 28.0 Å². The molecule has 0 aliphatic carbocycles. The predicted octanol–water partition coefficient (Wildman–Crippen LogP) is 3.68. The van der Waals surface area contributed by atoms with E-state index in [1.807, 2.05) is 34.1 Å². The molecule has 9 heteroatoms. The first kappa shape index (κ1) is 19.6. The van der Waals surface area contributed by atoms with Crippen LogP contribution in [0.3, 0.4) is 0 Å². The van der Waals surface area contributed by atoms with Gasteiger partial charge in [0.2, 0.25) is 5.91 Å². The maximum absolute atomic E-state index is 12.3. The quantitative estimate of drug-likeness (QED) is 0.544. The third-order valence-electron chi connectivity index (χ3n) is 4.48. The van der Waals surface area contributed by atoms with E-state index in [1.165, 1.54) is 6.33 Å². The Kier molecular flexibility index (Phi) is 5.18. The summed E-state index contributed by atoms with van der Waals surface area (Å²) in [5.41, 5.74) is 4.74. The number of carbonyl (C=O) groups excluding carboxylic acids is 1. The maximum atomic E-state index is 12.3. The highest BCUT2D eigenvalue weighted by atomic mass is 19.4. The Morgan fingerprint density at radius 3 is 2.57 bits per heavy atom. The van der Waals surface area contributed by atoms with Crippen molar-refractivity contribution >= 4 is 11.6 Å². The summed E-state index contributed by atoms with van der Waals surface area (Å²) in [7, 11) is 0. The van der Waals surface area contributed by atoms with E-state index < -0.39 is 18.6 Å². The summed E-state index contributed by atoms with van der Waals surface area (Å²) in [6.07, 6.45) is 3.92. The molecule has 0 radical (unpaired) electrons. The van der Waals surface area contributed by atoms with Gasteiger partial charge in [0.15, 0.2) is 0 Å². The van der Waals surface area contributed by atoms with Crippen LogP contribution in [-0.4, -0.2) is 38.0 Å². The average molecular weight is 411 g/mol. The Hall–Kier alpha value is -3.75. The number of rotatable bonds is 5. The van der Waals surface area contributed by atoms with Crippen LogP contribution in [0.2, 0.25) is 0 Å². The molecular weight excluding hydrogens is 395 g/mol. The first-order valence-electron chi connectivity index (χ1n) is 9.04. The van der Waals surface area contributed by atoms with Gasteiger partial charge in [-0.25, -0.2) is 15.0 Å². The molecular formula is C21H16F3N5O. The molecule has 6 nitrogen and oxygen atoms in total. The molecule has 0 spiro atoms. The zero-order valence-corrected chi connectivity index (χ0v) is 15.6. The van der Waals surface area contributed by atoms with E-state index in [1.54, 1.807) is 36.8 Å². The summed E-state index contributed by atoms with van der Waals surface area (Å²) in [6, 6.07) is 10.9. The molecule has 30 heavy (non-hydrogen) atoms. The highest BCUT2D eigenvalue weighted by Crippen LogP contribution is 2.25. The number of amides is 1. The second-order valence-electron chi connectivity index (χ2n) is 6.68. The van der Waals surface area contributed by atoms with Crippen molar-refractivity contribution in [2.24, 2.45) is 0 Å². The minimum absolute atomic E-state index is 0.140. The molecule has 0 fully saturated rings. The zero-order valence-electron chi connectivity index (χ0n) is 15.6. The number of pyridine rings is 1. The Bertz CT molecular complexity index is 1190. The summed E-state index contributed by atoms with van der Waals surface area (Å²) >= 11 is 0. The van der Waals surface area contributed by atoms with Crippen LogP contribution in [0.5, 0.6) is 0 Å². The van der Waals surface area contributed by atoms with E-state index in [2.05, 4.69) is 15.0 Å². The second-order valence-corrected chi connectivity index (χ2v) is 6.68. The molecule has 0 aliphatic heterocycles. The fourth-order valence-corrected chi connectivity index (χ4v) is 3.11. The molecule has 0 atom stereocenters. The number of benzene rings is 1. The van der Waals surface area contributed by atoms with Gasteiger partial charge in [-0.1, -0.05) is 18.2 Å². The fourth-order valence-electron chi connectivity index (χ4n) is 3.11. The molecule has 1 aromatic carbocycles. The van der Waals surface area contributed by atoms with Gasteiger partial charge in [0.05, 0.1) is 18.3 Å². The highest BCUT2D eigenvalue weighted by molar-refractivity contribution is 5.79. The third kappa shape index (κ3) is 4.45. The van der Waals surface area contributed by atoms with Gasteiger partial charge < -0.3 is 5.32 Å². The van der Waals surface area contributed by atoms with E-state index in [9.17, 15) is 18.0 Å². The molecule has 0 unspecified atom stereocenters. The van der Waals surface area contributed by atoms with Gasteiger partial charge in [-0.05, 0) is 29.3 Å². The molecule has 1 N–H and O–H groups in total. The standard InChI is InChI=1S/C21H16F3N5O/c22-21(23,24)12-28-20(30)7-14-2-1-3-16(6-14)18-11-27-19-8-15(4-5-29(18)19)17-9-25-13-26-10-17/h1-6,8-11,13H,7,12H2,(H,28,30). The summed E-state index contributed by atoms with van der Waals surface area (Å²) in [6.45, 7) is -1.34. The van der Waals surface area contributed by atoms with Gasteiger partial charge >= 0.3 is 6.18 Å². The molecule has 4 aromatic rings. The third-order valence-corrected chi connectivity index (χ3v) is 4.48. The SMILES string of the molecule is O=C(Cc1cccc(-c2cnc3cc(-c4cncnc4)ccn23)c1)NCC(F)(F)F. The van der Waals surface area contributed by atoms with Crippen LogP contribution in [-0.2, 0) is 11.2 Å². The first-order chi connectivity index (χ1) is 14.4. The Labute approximate surface area is 169 Å². The Balaban J connectivity index is 1.57. The summed E-state index contributed by atoms with van der Waals surface area (Å²) in [4.78, 5) is 24.3. The molecule has 0 saturated heterocycles. The van der Waals surface area contributed by atoms with Crippen molar-refractivity contribution in [1.82, 2.24) is 24.7 Å². The number of hydrogen-bond acceptors (Lipinski definition) is 4. The monoisotopic (exact) mass is 411 g/mol. The average Bonchev–Trinajstić information content (AvgIpc) is 3.16. The van der Waals surface area contributed by atoms with Crippen LogP contribution < -0.4 is 5.32 Å².